The molecule has 2 rings (SSSR count). The molecule has 0 saturated heterocycles. The predicted molar refractivity (Wildman–Crippen MR) is 75.8 cm³/mol. The van der Waals surface area contributed by atoms with Gasteiger partial charge in [0.2, 0.25) is 0 Å². The van der Waals surface area contributed by atoms with Gasteiger partial charge in [-0.15, -0.1) is 5.10 Å². The zero-order chi connectivity index (χ0) is 14.5. The maximum atomic E-state index is 11.1. The molecule has 1 heterocycles. The van der Waals surface area contributed by atoms with Crippen molar-refractivity contribution in [2.45, 2.75) is 13.0 Å². The number of halogens is 1. The number of hydrogen-bond acceptors (Lipinski definition) is 4. The summed E-state index contributed by atoms with van der Waals surface area (Å²) >= 11 is 3.37. The van der Waals surface area contributed by atoms with Crippen molar-refractivity contribution < 1.29 is 14.6 Å². The van der Waals surface area contributed by atoms with Crippen molar-refractivity contribution >= 4 is 21.9 Å². The molecule has 0 bridgehead atoms. The number of aromatic nitrogens is 3. The van der Waals surface area contributed by atoms with E-state index >= 15 is 0 Å². The zero-order valence-corrected chi connectivity index (χ0v) is 12.5. The van der Waals surface area contributed by atoms with Crippen LogP contribution in [0.3, 0.4) is 0 Å². The minimum Gasteiger partial charge on any atom is -0.476 e. The number of carboxylic acid groups (broad SMARTS) is 1. The van der Waals surface area contributed by atoms with Crippen LogP contribution >= 0.6 is 15.9 Å². The highest BCUT2D eigenvalue weighted by molar-refractivity contribution is 9.10. The van der Waals surface area contributed by atoms with Crippen LogP contribution < -0.4 is 0 Å². The van der Waals surface area contributed by atoms with Crippen molar-refractivity contribution in [2.75, 3.05) is 13.7 Å². The number of nitrogens with zero attached hydrogens (tertiary/aromatic N) is 3. The van der Waals surface area contributed by atoms with E-state index in [0.29, 0.717) is 25.3 Å². The molecule has 2 aromatic rings. The summed E-state index contributed by atoms with van der Waals surface area (Å²) in [4.78, 5) is 11.1. The molecule has 0 aliphatic heterocycles. The molecule has 0 aliphatic rings. The van der Waals surface area contributed by atoms with Crippen LogP contribution in [0.25, 0.3) is 0 Å². The maximum Gasteiger partial charge on any atom is 0.358 e. The molecule has 6 nitrogen and oxygen atoms in total. The number of hydrogen-bond donors (Lipinski definition) is 1. The molecule has 0 radical (unpaired) electrons. The molecule has 0 aliphatic carbocycles. The average molecular weight is 340 g/mol. The summed E-state index contributed by atoms with van der Waals surface area (Å²) in [5.74, 6) is -1.07. The lowest BCUT2D eigenvalue weighted by atomic mass is 10.2. The van der Waals surface area contributed by atoms with Gasteiger partial charge < -0.3 is 9.84 Å². The Morgan fingerprint density at radius 1 is 1.40 bits per heavy atom. The van der Waals surface area contributed by atoms with Crippen LogP contribution in [0.4, 0.5) is 0 Å². The molecule has 106 valence electrons. The van der Waals surface area contributed by atoms with Crippen LogP contribution in [0.2, 0.25) is 0 Å². The van der Waals surface area contributed by atoms with E-state index in [9.17, 15) is 4.79 Å². The quantitative estimate of drug-likeness (QED) is 0.870. The largest absolute Gasteiger partial charge is 0.476 e. The third-order valence-corrected chi connectivity index (χ3v) is 3.36. The number of rotatable bonds is 6. The van der Waals surface area contributed by atoms with Gasteiger partial charge in [0.15, 0.2) is 5.69 Å². The van der Waals surface area contributed by atoms with E-state index in [1.54, 1.807) is 11.8 Å². The summed E-state index contributed by atoms with van der Waals surface area (Å²) in [6.45, 7) is 0.903. The van der Waals surface area contributed by atoms with Crippen molar-refractivity contribution in [3.05, 3.63) is 45.7 Å². The molecule has 0 amide bonds. The van der Waals surface area contributed by atoms with Gasteiger partial charge in [0.25, 0.3) is 0 Å². The van der Waals surface area contributed by atoms with Gasteiger partial charge in [0, 0.05) is 18.0 Å². The Balaban J connectivity index is 2.26. The lowest BCUT2D eigenvalue weighted by molar-refractivity contribution is 0.0688. The highest BCUT2D eigenvalue weighted by atomic mass is 79.9. The Morgan fingerprint density at radius 2 is 2.10 bits per heavy atom. The molecule has 1 aromatic heterocycles. The number of carboxylic acids is 1. The van der Waals surface area contributed by atoms with E-state index in [0.717, 1.165) is 10.0 Å². The first-order valence-electron chi connectivity index (χ1n) is 6.01. The summed E-state index contributed by atoms with van der Waals surface area (Å²) in [5.41, 5.74) is 1.58. The van der Waals surface area contributed by atoms with Gasteiger partial charge in [-0.3, -0.25) is 0 Å². The first-order chi connectivity index (χ1) is 9.61. The summed E-state index contributed by atoms with van der Waals surface area (Å²) in [6, 6.07) is 7.76. The van der Waals surface area contributed by atoms with Gasteiger partial charge in [0.1, 0.15) is 0 Å². The van der Waals surface area contributed by atoms with E-state index in [1.807, 2.05) is 24.3 Å². The van der Waals surface area contributed by atoms with E-state index in [-0.39, 0.29) is 5.69 Å². The number of benzene rings is 1. The van der Waals surface area contributed by atoms with E-state index < -0.39 is 5.97 Å². The van der Waals surface area contributed by atoms with Gasteiger partial charge in [0.05, 0.1) is 18.8 Å². The fourth-order valence-electron chi connectivity index (χ4n) is 1.83. The van der Waals surface area contributed by atoms with Gasteiger partial charge in [-0.2, -0.15) is 0 Å². The number of methoxy groups -OCH3 is 1. The zero-order valence-electron chi connectivity index (χ0n) is 10.9. The summed E-state index contributed by atoms with van der Waals surface area (Å²) in [5, 5.41) is 16.8. The van der Waals surface area contributed by atoms with E-state index in [4.69, 9.17) is 9.84 Å². The number of aromatic carboxylic acids is 1. The fraction of sp³-hybridized carbons (Fsp3) is 0.308. The number of ether oxygens (including phenoxy) is 1. The Kier molecular flexibility index (Phi) is 4.86. The molecular formula is C13H14BrN3O3. The topological polar surface area (TPSA) is 77.2 Å². The van der Waals surface area contributed by atoms with Gasteiger partial charge in [-0.1, -0.05) is 33.3 Å². The van der Waals surface area contributed by atoms with Crippen LogP contribution in [0, 0.1) is 0 Å². The van der Waals surface area contributed by atoms with Crippen molar-refractivity contribution in [3.8, 4) is 0 Å². The monoisotopic (exact) mass is 339 g/mol. The third-order valence-electron chi connectivity index (χ3n) is 2.83. The van der Waals surface area contributed by atoms with Crippen molar-refractivity contribution in [1.29, 1.82) is 0 Å². The highest BCUT2D eigenvalue weighted by Gasteiger charge is 2.18. The SMILES string of the molecule is COCCc1c(C(=O)O)nnn1Cc1ccc(Br)cc1. The van der Waals surface area contributed by atoms with Crippen LogP contribution in [0.5, 0.6) is 0 Å². The highest BCUT2D eigenvalue weighted by Crippen LogP contribution is 2.13. The second kappa shape index (κ2) is 6.62. The van der Waals surface area contributed by atoms with Gasteiger partial charge in [-0.05, 0) is 17.7 Å². The summed E-state index contributed by atoms with van der Waals surface area (Å²) in [7, 11) is 1.57. The lowest BCUT2D eigenvalue weighted by Crippen LogP contribution is -2.11. The third kappa shape index (κ3) is 3.43. The Hall–Kier alpha value is -1.73. The molecule has 0 spiro atoms. The molecule has 1 aromatic carbocycles. The average Bonchev–Trinajstić information content (AvgIpc) is 2.82. The van der Waals surface area contributed by atoms with Crippen LogP contribution in [-0.2, 0) is 17.7 Å². The fourth-order valence-corrected chi connectivity index (χ4v) is 2.10. The minimum absolute atomic E-state index is 0.0147. The maximum absolute atomic E-state index is 11.1. The summed E-state index contributed by atoms with van der Waals surface area (Å²) < 4.78 is 7.60. The number of carbonyl (C=O) groups is 1. The molecule has 0 unspecified atom stereocenters. The van der Waals surface area contributed by atoms with Crippen LogP contribution in [0.15, 0.2) is 28.7 Å². The molecule has 0 atom stereocenters. The minimum atomic E-state index is -1.07. The van der Waals surface area contributed by atoms with Crippen molar-refractivity contribution in [3.63, 3.8) is 0 Å². The van der Waals surface area contributed by atoms with Crippen LogP contribution in [0.1, 0.15) is 21.7 Å². The molecule has 7 heteroatoms. The Bertz CT molecular complexity index is 595. The lowest BCUT2D eigenvalue weighted by Gasteiger charge is -2.07. The van der Waals surface area contributed by atoms with E-state index in [1.165, 1.54) is 0 Å². The van der Waals surface area contributed by atoms with Gasteiger partial charge >= 0.3 is 5.97 Å². The molecular weight excluding hydrogens is 326 g/mol. The normalized spacial score (nSPS) is 10.7. The second-order valence-electron chi connectivity index (χ2n) is 4.22. The summed E-state index contributed by atoms with van der Waals surface area (Å²) in [6.07, 6.45) is 0.460. The molecule has 20 heavy (non-hydrogen) atoms. The molecule has 0 fully saturated rings. The molecule has 1 N–H and O–H groups in total. The Labute approximate surface area is 124 Å². The standard InChI is InChI=1S/C13H14BrN3O3/c1-20-7-6-11-12(13(18)19)15-16-17(11)8-9-2-4-10(14)5-3-9/h2-5H,6-8H2,1H3,(H,18,19). The van der Waals surface area contributed by atoms with Crippen molar-refractivity contribution in [1.82, 2.24) is 15.0 Å². The molecule has 0 saturated carbocycles. The first kappa shape index (κ1) is 14.7. The predicted octanol–water partition coefficient (Wildman–Crippen LogP) is 1.98. The van der Waals surface area contributed by atoms with E-state index in [2.05, 4.69) is 26.2 Å². The second-order valence-corrected chi connectivity index (χ2v) is 5.13. The van der Waals surface area contributed by atoms with Crippen LogP contribution in [-0.4, -0.2) is 39.8 Å². The van der Waals surface area contributed by atoms with Gasteiger partial charge in [-0.25, -0.2) is 9.48 Å². The van der Waals surface area contributed by atoms with Crippen molar-refractivity contribution in [2.24, 2.45) is 0 Å². The smallest absolute Gasteiger partial charge is 0.358 e. The Morgan fingerprint density at radius 3 is 2.70 bits per heavy atom. The first-order valence-corrected chi connectivity index (χ1v) is 6.80.